The van der Waals surface area contributed by atoms with Crippen molar-refractivity contribution in [2.24, 2.45) is 0 Å². The first-order valence-corrected chi connectivity index (χ1v) is 6.88. The topological polar surface area (TPSA) is 0 Å². The van der Waals surface area contributed by atoms with Crippen LogP contribution in [0.25, 0.3) is 0 Å². The lowest BCUT2D eigenvalue weighted by Crippen LogP contribution is -1.97. The van der Waals surface area contributed by atoms with E-state index < -0.39 is 0 Å². The smallest absolute Gasteiger partial charge is 0.129 e. The lowest BCUT2D eigenvalue weighted by molar-refractivity contribution is 0.608. The molecule has 1 unspecified atom stereocenters. The van der Waals surface area contributed by atoms with Crippen LogP contribution in [0.2, 0.25) is 0 Å². The van der Waals surface area contributed by atoms with E-state index >= 15 is 0 Å². The predicted molar refractivity (Wildman–Crippen MR) is 77.7 cm³/mol. The van der Waals surface area contributed by atoms with Crippen molar-refractivity contribution in [2.75, 3.05) is 0 Å². The van der Waals surface area contributed by atoms with E-state index in [1.807, 2.05) is 36.4 Å². The molecule has 0 spiro atoms. The van der Waals surface area contributed by atoms with E-state index in [9.17, 15) is 4.39 Å². The Kier molecular flexibility index (Phi) is 4.08. The average Bonchev–Trinajstić information content (AvgIpc) is 2.35. The van der Waals surface area contributed by atoms with Crippen molar-refractivity contribution >= 4 is 27.5 Å². The zero-order valence-corrected chi connectivity index (χ0v) is 12.5. The number of hydrogen-bond acceptors (Lipinski definition) is 0. The lowest BCUT2D eigenvalue weighted by Gasteiger charge is -2.13. The summed E-state index contributed by atoms with van der Waals surface area (Å²) >= 11 is 9.83. The quantitative estimate of drug-likeness (QED) is 0.636. The Morgan fingerprint density at radius 2 is 1.50 bits per heavy atom. The van der Waals surface area contributed by atoms with E-state index in [-0.39, 0.29) is 11.2 Å². The van der Waals surface area contributed by atoms with Crippen LogP contribution in [0, 0.1) is 19.7 Å². The molecular formula is C15H13BrClF. The van der Waals surface area contributed by atoms with Crippen LogP contribution in [-0.4, -0.2) is 0 Å². The molecule has 0 aliphatic carbocycles. The van der Waals surface area contributed by atoms with E-state index in [0.717, 1.165) is 15.6 Å². The third-order valence-corrected chi connectivity index (χ3v) is 3.95. The highest BCUT2D eigenvalue weighted by Crippen LogP contribution is 2.31. The molecule has 0 aliphatic rings. The molecule has 2 rings (SSSR count). The molecule has 0 aromatic heterocycles. The summed E-state index contributed by atoms with van der Waals surface area (Å²) in [7, 11) is 0. The van der Waals surface area contributed by atoms with E-state index in [1.54, 1.807) is 13.8 Å². The summed E-state index contributed by atoms with van der Waals surface area (Å²) in [5.41, 5.74) is 3.20. The van der Waals surface area contributed by atoms with Gasteiger partial charge in [0.25, 0.3) is 0 Å². The van der Waals surface area contributed by atoms with Gasteiger partial charge in [-0.25, -0.2) is 4.39 Å². The normalized spacial score (nSPS) is 12.5. The number of aryl methyl sites for hydroxylation is 2. The van der Waals surface area contributed by atoms with Crippen molar-refractivity contribution in [3.05, 3.63) is 68.9 Å². The molecule has 1 atom stereocenters. The molecule has 0 heterocycles. The van der Waals surface area contributed by atoms with Crippen LogP contribution in [0.1, 0.15) is 27.6 Å². The second kappa shape index (κ2) is 5.41. The maximum atomic E-state index is 13.6. The highest BCUT2D eigenvalue weighted by molar-refractivity contribution is 9.10. The van der Waals surface area contributed by atoms with Gasteiger partial charge in [0.2, 0.25) is 0 Å². The monoisotopic (exact) mass is 326 g/mol. The summed E-state index contributed by atoms with van der Waals surface area (Å²) in [4.78, 5) is 0. The molecule has 0 saturated heterocycles. The maximum Gasteiger partial charge on any atom is 0.129 e. The summed E-state index contributed by atoms with van der Waals surface area (Å²) in [6, 6.07) is 11.5. The number of hydrogen-bond donors (Lipinski definition) is 0. The fourth-order valence-electron chi connectivity index (χ4n) is 1.95. The summed E-state index contributed by atoms with van der Waals surface area (Å²) in [6.45, 7) is 3.52. The van der Waals surface area contributed by atoms with Crippen molar-refractivity contribution in [3.8, 4) is 0 Å². The van der Waals surface area contributed by atoms with Gasteiger partial charge in [0.05, 0.1) is 5.38 Å². The molecular weight excluding hydrogens is 315 g/mol. The summed E-state index contributed by atoms with van der Waals surface area (Å²) in [5, 5.41) is -0.254. The second-order valence-electron chi connectivity index (χ2n) is 4.38. The average molecular weight is 328 g/mol. The van der Waals surface area contributed by atoms with Crippen molar-refractivity contribution in [1.29, 1.82) is 0 Å². The molecule has 0 fully saturated rings. The van der Waals surface area contributed by atoms with E-state index in [1.165, 1.54) is 0 Å². The van der Waals surface area contributed by atoms with Crippen LogP contribution >= 0.6 is 27.5 Å². The van der Waals surface area contributed by atoms with Crippen LogP contribution in [0.15, 0.2) is 40.9 Å². The van der Waals surface area contributed by atoms with E-state index in [4.69, 9.17) is 11.6 Å². The minimum atomic E-state index is -0.254. The SMILES string of the molecule is Cc1cc(C(Cl)c2ccc(Br)cc2)cc(C)c1F. The van der Waals surface area contributed by atoms with E-state index in [2.05, 4.69) is 15.9 Å². The Morgan fingerprint density at radius 1 is 1.00 bits per heavy atom. The van der Waals surface area contributed by atoms with Gasteiger partial charge in [-0.1, -0.05) is 40.2 Å². The number of alkyl halides is 1. The minimum Gasteiger partial charge on any atom is -0.206 e. The lowest BCUT2D eigenvalue weighted by atomic mass is 10.00. The fourth-order valence-corrected chi connectivity index (χ4v) is 2.49. The molecule has 18 heavy (non-hydrogen) atoms. The third-order valence-electron chi connectivity index (χ3n) is 2.91. The van der Waals surface area contributed by atoms with Gasteiger partial charge in [-0.05, 0) is 48.2 Å². The molecule has 0 bridgehead atoms. The molecule has 0 radical (unpaired) electrons. The van der Waals surface area contributed by atoms with Gasteiger partial charge in [-0.2, -0.15) is 0 Å². The molecule has 3 heteroatoms. The summed E-state index contributed by atoms with van der Waals surface area (Å²) in [6.07, 6.45) is 0. The molecule has 2 aromatic carbocycles. The van der Waals surface area contributed by atoms with Gasteiger partial charge < -0.3 is 0 Å². The first-order valence-electron chi connectivity index (χ1n) is 5.65. The predicted octanol–water partition coefficient (Wildman–Crippen LogP) is 5.53. The zero-order chi connectivity index (χ0) is 13.3. The van der Waals surface area contributed by atoms with Crippen molar-refractivity contribution < 1.29 is 4.39 Å². The second-order valence-corrected chi connectivity index (χ2v) is 5.73. The Balaban J connectivity index is 2.39. The molecule has 0 N–H and O–H groups in total. The zero-order valence-electron chi connectivity index (χ0n) is 10.2. The standard InChI is InChI=1S/C15H13BrClF/c1-9-7-12(8-10(2)15(9)18)14(17)11-3-5-13(16)6-4-11/h3-8,14H,1-2H3. The Bertz CT molecular complexity index is 540. The molecule has 0 saturated carbocycles. The van der Waals surface area contributed by atoms with Crippen molar-refractivity contribution in [3.63, 3.8) is 0 Å². The minimum absolute atomic E-state index is 0.154. The van der Waals surface area contributed by atoms with Gasteiger partial charge in [0, 0.05) is 4.47 Å². The number of halogens is 3. The molecule has 0 amide bonds. The molecule has 94 valence electrons. The Morgan fingerprint density at radius 3 is 2.00 bits per heavy atom. The van der Waals surface area contributed by atoms with Gasteiger partial charge in [-0.15, -0.1) is 11.6 Å². The van der Waals surface area contributed by atoms with Gasteiger partial charge in [0.1, 0.15) is 5.82 Å². The largest absolute Gasteiger partial charge is 0.206 e. The molecule has 2 aromatic rings. The Hall–Kier alpha value is -0.860. The van der Waals surface area contributed by atoms with Crippen LogP contribution in [0.3, 0.4) is 0 Å². The van der Waals surface area contributed by atoms with Crippen molar-refractivity contribution in [1.82, 2.24) is 0 Å². The van der Waals surface area contributed by atoms with Gasteiger partial charge in [0.15, 0.2) is 0 Å². The van der Waals surface area contributed by atoms with Crippen LogP contribution in [-0.2, 0) is 0 Å². The van der Waals surface area contributed by atoms with Gasteiger partial charge >= 0.3 is 0 Å². The summed E-state index contributed by atoms with van der Waals surface area (Å²) in [5.74, 6) is -0.154. The van der Waals surface area contributed by atoms with Crippen molar-refractivity contribution in [2.45, 2.75) is 19.2 Å². The summed E-state index contributed by atoms with van der Waals surface area (Å²) < 4.78 is 14.6. The number of rotatable bonds is 2. The highest BCUT2D eigenvalue weighted by Gasteiger charge is 2.13. The molecule has 0 aliphatic heterocycles. The van der Waals surface area contributed by atoms with Crippen LogP contribution < -0.4 is 0 Å². The first kappa shape index (κ1) is 13.6. The van der Waals surface area contributed by atoms with Gasteiger partial charge in [-0.3, -0.25) is 0 Å². The van der Waals surface area contributed by atoms with Crippen LogP contribution in [0.4, 0.5) is 4.39 Å². The molecule has 0 nitrogen and oxygen atoms in total. The fraction of sp³-hybridized carbons (Fsp3) is 0.200. The Labute approximate surface area is 120 Å². The van der Waals surface area contributed by atoms with Crippen LogP contribution in [0.5, 0.6) is 0 Å². The first-order chi connectivity index (χ1) is 8.49. The highest BCUT2D eigenvalue weighted by atomic mass is 79.9. The number of benzene rings is 2. The third kappa shape index (κ3) is 2.76. The van der Waals surface area contributed by atoms with E-state index in [0.29, 0.717) is 11.1 Å². The maximum absolute atomic E-state index is 13.6.